The molecule has 1 aliphatic carbocycles. The number of hydrogen-bond acceptors (Lipinski definition) is 6. The number of anilines is 1. The van der Waals surface area contributed by atoms with Gasteiger partial charge >= 0.3 is 12.2 Å². The van der Waals surface area contributed by atoms with Crippen molar-refractivity contribution >= 4 is 18.0 Å². The molecule has 26 heavy (non-hydrogen) atoms. The number of nitrogens with zero attached hydrogens (tertiary/aromatic N) is 3. The van der Waals surface area contributed by atoms with Crippen LogP contribution in [0, 0.1) is 0 Å². The van der Waals surface area contributed by atoms with Gasteiger partial charge in [-0.1, -0.05) is 27.2 Å². The summed E-state index contributed by atoms with van der Waals surface area (Å²) in [5.41, 5.74) is 0.880. The van der Waals surface area contributed by atoms with Gasteiger partial charge < -0.3 is 9.47 Å². The van der Waals surface area contributed by atoms with Gasteiger partial charge in [-0.05, 0) is 51.0 Å². The van der Waals surface area contributed by atoms with Gasteiger partial charge in [-0.3, -0.25) is 0 Å². The van der Waals surface area contributed by atoms with Crippen molar-refractivity contribution in [1.82, 2.24) is 10.2 Å². The van der Waals surface area contributed by atoms with Gasteiger partial charge in [0.15, 0.2) is 5.82 Å². The molecule has 144 valence electrons. The molecule has 2 rings (SSSR count). The molecule has 1 aromatic heterocycles. The number of hydrogen-bond donors (Lipinski definition) is 0. The second-order valence-electron chi connectivity index (χ2n) is 8.24. The van der Waals surface area contributed by atoms with Gasteiger partial charge in [0.05, 0.1) is 12.8 Å². The van der Waals surface area contributed by atoms with Crippen LogP contribution < -0.4 is 4.90 Å². The highest BCUT2D eigenvalue weighted by Crippen LogP contribution is 2.42. The first-order chi connectivity index (χ1) is 12.1. The Morgan fingerprint density at radius 1 is 1.27 bits per heavy atom. The lowest BCUT2D eigenvalue weighted by Gasteiger charge is -2.28. The van der Waals surface area contributed by atoms with Gasteiger partial charge in [-0.25, -0.2) is 9.59 Å². The SMILES string of the molecule is CCCCOC(=O)N(C(=O)OC(C)(C)C)c1nncc2c1C(C)(C)CC2. The third kappa shape index (κ3) is 4.51. The molecule has 0 aromatic carbocycles. The molecule has 1 heterocycles. The molecule has 1 aliphatic rings. The number of carbonyl (C=O) groups is 2. The van der Waals surface area contributed by atoms with Gasteiger partial charge in [0.2, 0.25) is 0 Å². The standard InChI is InChI=1S/C19H29N3O4/c1-7-8-11-25-16(23)22(17(24)26-18(2,3)4)15-14-13(12-20-21-15)9-10-19(14,5)6/h12H,7-11H2,1-6H3. The highest BCUT2D eigenvalue weighted by atomic mass is 16.6. The molecule has 0 N–H and O–H groups in total. The van der Waals surface area contributed by atoms with Gasteiger partial charge in [0.1, 0.15) is 5.60 Å². The van der Waals surface area contributed by atoms with E-state index in [9.17, 15) is 9.59 Å². The Balaban J connectivity index is 2.44. The summed E-state index contributed by atoms with van der Waals surface area (Å²) in [6.07, 6.45) is 3.45. The normalized spacial score (nSPS) is 15.3. The van der Waals surface area contributed by atoms with Crippen LogP contribution in [0.25, 0.3) is 0 Å². The van der Waals surface area contributed by atoms with Crippen molar-refractivity contribution in [1.29, 1.82) is 0 Å². The van der Waals surface area contributed by atoms with Crippen LogP contribution in [0.15, 0.2) is 6.20 Å². The topological polar surface area (TPSA) is 81.6 Å². The smallest absolute Gasteiger partial charge is 0.425 e. The van der Waals surface area contributed by atoms with E-state index < -0.39 is 17.8 Å². The summed E-state index contributed by atoms with van der Waals surface area (Å²) in [4.78, 5) is 26.4. The lowest BCUT2D eigenvalue weighted by Crippen LogP contribution is -2.43. The zero-order chi connectivity index (χ0) is 19.5. The Kier molecular flexibility index (Phi) is 5.88. The van der Waals surface area contributed by atoms with E-state index in [2.05, 4.69) is 24.0 Å². The third-order valence-corrected chi connectivity index (χ3v) is 4.30. The Labute approximate surface area is 155 Å². The average Bonchev–Trinajstić information content (AvgIpc) is 2.82. The molecule has 0 aliphatic heterocycles. The lowest BCUT2D eigenvalue weighted by molar-refractivity contribution is 0.0565. The van der Waals surface area contributed by atoms with Crippen molar-refractivity contribution in [2.75, 3.05) is 11.5 Å². The number of fused-ring (bicyclic) bond motifs is 1. The molecule has 0 fully saturated rings. The minimum absolute atomic E-state index is 0.209. The van der Waals surface area contributed by atoms with Crippen molar-refractivity contribution in [2.24, 2.45) is 0 Å². The fourth-order valence-corrected chi connectivity index (χ4v) is 2.99. The van der Waals surface area contributed by atoms with E-state index in [1.807, 2.05) is 6.92 Å². The minimum Gasteiger partial charge on any atom is -0.449 e. The molecule has 0 saturated carbocycles. The van der Waals surface area contributed by atoms with E-state index in [1.165, 1.54) is 0 Å². The van der Waals surface area contributed by atoms with Crippen LogP contribution in [-0.4, -0.2) is 34.6 Å². The monoisotopic (exact) mass is 363 g/mol. The van der Waals surface area contributed by atoms with Crippen molar-refractivity contribution in [3.8, 4) is 0 Å². The average molecular weight is 363 g/mol. The number of rotatable bonds is 4. The fraction of sp³-hybridized carbons (Fsp3) is 0.684. The maximum Gasteiger partial charge on any atom is 0.425 e. The number of aromatic nitrogens is 2. The van der Waals surface area contributed by atoms with Gasteiger partial charge in [0.25, 0.3) is 0 Å². The highest BCUT2D eigenvalue weighted by molar-refractivity contribution is 6.09. The maximum atomic E-state index is 12.8. The number of amides is 2. The van der Waals surface area contributed by atoms with Crippen molar-refractivity contribution in [3.05, 3.63) is 17.3 Å². The molecule has 0 radical (unpaired) electrons. The first kappa shape index (κ1) is 20.1. The molecule has 0 spiro atoms. The molecular formula is C19H29N3O4. The quantitative estimate of drug-likeness (QED) is 0.739. The minimum atomic E-state index is -0.801. The van der Waals surface area contributed by atoms with E-state index in [1.54, 1.807) is 27.0 Å². The van der Waals surface area contributed by atoms with Crippen LogP contribution in [-0.2, 0) is 21.3 Å². The zero-order valence-corrected chi connectivity index (χ0v) is 16.6. The first-order valence-corrected chi connectivity index (χ1v) is 9.11. The van der Waals surface area contributed by atoms with E-state index >= 15 is 0 Å². The second-order valence-corrected chi connectivity index (χ2v) is 8.24. The number of carbonyl (C=O) groups excluding carboxylic acids is 2. The first-order valence-electron chi connectivity index (χ1n) is 9.11. The molecule has 7 heteroatoms. The molecule has 0 atom stereocenters. The summed E-state index contributed by atoms with van der Waals surface area (Å²) in [5, 5.41) is 8.11. The van der Waals surface area contributed by atoms with E-state index in [-0.39, 0.29) is 17.8 Å². The molecule has 0 saturated heterocycles. The molecule has 1 aromatic rings. The van der Waals surface area contributed by atoms with Crippen molar-refractivity contribution in [3.63, 3.8) is 0 Å². The molecule has 2 amide bonds. The van der Waals surface area contributed by atoms with E-state index in [0.717, 1.165) is 41.7 Å². The van der Waals surface area contributed by atoms with E-state index in [4.69, 9.17) is 9.47 Å². The molecular weight excluding hydrogens is 334 g/mol. The van der Waals surface area contributed by atoms with Crippen LogP contribution in [0.4, 0.5) is 15.4 Å². The highest BCUT2D eigenvalue weighted by Gasteiger charge is 2.40. The Morgan fingerprint density at radius 2 is 1.96 bits per heavy atom. The van der Waals surface area contributed by atoms with Gasteiger partial charge in [-0.15, -0.1) is 5.10 Å². The van der Waals surface area contributed by atoms with Crippen LogP contribution in [0.2, 0.25) is 0 Å². The van der Waals surface area contributed by atoms with Crippen LogP contribution in [0.3, 0.4) is 0 Å². The van der Waals surface area contributed by atoms with Crippen molar-refractivity contribution < 1.29 is 19.1 Å². The largest absolute Gasteiger partial charge is 0.449 e. The summed E-state index contributed by atoms with van der Waals surface area (Å²) >= 11 is 0. The molecule has 0 bridgehead atoms. The number of unbranched alkanes of at least 4 members (excludes halogenated alkanes) is 1. The Morgan fingerprint density at radius 3 is 2.58 bits per heavy atom. The number of aryl methyl sites for hydroxylation is 1. The van der Waals surface area contributed by atoms with Gasteiger partial charge in [0, 0.05) is 5.56 Å². The zero-order valence-electron chi connectivity index (χ0n) is 16.6. The fourth-order valence-electron chi connectivity index (χ4n) is 2.99. The molecule has 0 unspecified atom stereocenters. The predicted octanol–water partition coefficient (Wildman–Crippen LogP) is 4.38. The Bertz CT molecular complexity index is 680. The summed E-state index contributed by atoms with van der Waals surface area (Å²) < 4.78 is 10.7. The van der Waals surface area contributed by atoms with Crippen LogP contribution >= 0.6 is 0 Å². The summed E-state index contributed by atoms with van der Waals surface area (Å²) in [6.45, 7) is 11.6. The predicted molar refractivity (Wildman–Crippen MR) is 98.3 cm³/mol. The third-order valence-electron chi connectivity index (χ3n) is 4.30. The maximum absolute atomic E-state index is 12.8. The van der Waals surface area contributed by atoms with E-state index in [0.29, 0.717) is 0 Å². The Hall–Kier alpha value is -2.18. The lowest BCUT2D eigenvalue weighted by atomic mass is 9.87. The van der Waals surface area contributed by atoms with Crippen LogP contribution in [0.1, 0.15) is 71.9 Å². The van der Waals surface area contributed by atoms with Gasteiger partial charge in [-0.2, -0.15) is 10.00 Å². The summed E-state index contributed by atoms with van der Waals surface area (Å²) in [6, 6.07) is 0. The summed E-state index contributed by atoms with van der Waals surface area (Å²) in [5.74, 6) is 0.209. The number of imide groups is 1. The summed E-state index contributed by atoms with van der Waals surface area (Å²) in [7, 11) is 0. The van der Waals surface area contributed by atoms with Crippen LogP contribution in [0.5, 0.6) is 0 Å². The number of ether oxygens (including phenoxy) is 2. The van der Waals surface area contributed by atoms with Crippen molar-refractivity contribution in [2.45, 2.75) is 78.2 Å². The second kappa shape index (κ2) is 7.60. The molecule has 7 nitrogen and oxygen atoms in total.